The Hall–Kier alpha value is -4.13. The molecule has 0 unspecified atom stereocenters. The maximum Gasteiger partial charge on any atom is 0.511 e. The first-order valence-electron chi connectivity index (χ1n) is 13.0. The predicted molar refractivity (Wildman–Crippen MR) is 144 cm³/mol. The molecule has 2 aliphatic rings. The van der Waals surface area contributed by atoms with Crippen molar-refractivity contribution < 1.29 is 14.6 Å². The predicted octanol–water partition coefficient (Wildman–Crippen LogP) is 5.99. The number of aliphatic imine (C=N–C) groups is 1. The van der Waals surface area contributed by atoms with Gasteiger partial charge in [-0.1, -0.05) is 49.4 Å². The Morgan fingerprint density at radius 1 is 1.05 bits per heavy atom. The van der Waals surface area contributed by atoms with Gasteiger partial charge in [-0.25, -0.2) is 9.78 Å². The lowest BCUT2D eigenvalue weighted by Crippen LogP contribution is -2.30. The number of imidazole rings is 1. The fourth-order valence-electron chi connectivity index (χ4n) is 5.22. The van der Waals surface area contributed by atoms with E-state index in [-0.39, 0.29) is 0 Å². The van der Waals surface area contributed by atoms with Gasteiger partial charge in [0.1, 0.15) is 17.4 Å². The Kier molecular flexibility index (Phi) is 6.12. The van der Waals surface area contributed by atoms with Gasteiger partial charge in [-0.15, -0.1) is 0 Å². The summed E-state index contributed by atoms with van der Waals surface area (Å²) < 4.78 is 7.31. The van der Waals surface area contributed by atoms with Crippen molar-refractivity contribution in [3.8, 4) is 16.9 Å². The largest absolute Gasteiger partial charge is 0.511 e. The van der Waals surface area contributed by atoms with Gasteiger partial charge in [0, 0.05) is 36.7 Å². The molecule has 1 aliphatic carbocycles. The molecule has 7 nitrogen and oxygen atoms in total. The van der Waals surface area contributed by atoms with Crippen LogP contribution in [0.5, 0.6) is 5.75 Å². The molecule has 3 aromatic carbocycles. The number of fused-ring (bicyclic) bond motifs is 1. The molecule has 1 aliphatic heterocycles. The van der Waals surface area contributed by atoms with Crippen molar-refractivity contribution in [2.75, 3.05) is 13.1 Å². The van der Waals surface area contributed by atoms with Crippen molar-refractivity contribution in [2.24, 2.45) is 4.99 Å². The highest BCUT2D eigenvalue weighted by atomic mass is 16.7. The Labute approximate surface area is 216 Å². The second kappa shape index (κ2) is 9.73. The summed E-state index contributed by atoms with van der Waals surface area (Å²) in [5, 5.41) is 9.07. The number of para-hydroxylation sites is 1. The molecule has 0 bridgehead atoms. The number of ether oxygens (including phenoxy) is 1. The molecule has 7 heteroatoms. The Morgan fingerprint density at radius 2 is 1.84 bits per heavy atom. The smallest absolute Gasteiger partial charge is 0.449 e. The van der Waals surface area contributed by atoms with Crippen LogP contribution in [0, 0.1) is 0 Å². The maximum absolute atomic E-state index is 11.1. The molecule has 1 saturated carbocycles. The zero-order chi connectivity index (χ0) is 25.4. The zero-order valence-electron chi connectivity index (χ0n) is 20.9. The zero-order valence-corrected chi connectivity index (χ0v) is 20.9. The van der Waals surface area contributed by atoms with Gasteiger partial charge in [-0.05, 0) is 54.7 Å². The second-order valence-electron chi connectivity index (χ2n) is 9.76. The van der Waals surface area contributed by atoms with Crippen LogP contribution in [0.15, 0.2) is 71.7 Å². The lowest BCUT2D eigenvalue weighted by Gasteiger charge is -2.20. The summed E-state index contributed by atoms with van der Waals surface area (Å²) in [5.41, 5.74) is 6.13. The van der Waals surface area contributed by atoms with E-state index < -0.39 is 6.16 Å². The van der Waals surface area contributed by atoms with Crippen LogP contribution in [0.25, 0.3) is 22.2 Å². The summed E-state index contributed by atoms with van der Waals surface area (Å²) in [5.74, 6) is 2.54. The Balaban J connectivity index is 1.32. The molecule has 1 aromatic heterocycles. The monoisotopic (exact) mass is 494 g/mol. The summed E-state index contributed by atoms with van der Waals surface area (Å²) in [7, 11) is 0. The number of carbonyl (C=O) groups is 1. The van der Waals surface area contributed by atoms with Gasteiger partial charge in [0.2, 0.25) is 0 Å². The summed E-state index contributed by atoms with van der Waals surface area (Å²) in [6.45, 7) is 4.78. The molecular formula is C30H30N4O3. The molecule has 2 heterocycles. The number of carboxylic acid groups (broad SMARTS) is 1. The Bertz CT molecular complexity index is 1480. The van der Waals surface area contributed by atoms with Crippen LogP contribution in [0.2, 0.25) is 0 Å². The van der Waals surface area contributed by atoms with Crippen LogP contribution < -0.4 is 4.74 Å². The first-order chi connectivity index (χ1) is 18.1. The van der Waals surface area contributed by atoms with E-state index >= 15 is 0 Å². The van der Waals surface area contributed by atoms with Crippen LogP contribution in [0.4, 0.5) is 4.79 Å². The van der Waals surface area contributed by atoms with E-state index in [1.807, 2.05) is 24.3 Å². The normalized spacial score (nSPS) is 15.3. The quantitative estimate of drug-likeness (QED) is 0.241. The van der Waals surface area contributed by atoms with E-state index in [0.717, 1.165) is 65.3 Å². The minimum absolute atomic E-state index is 0.330. The van der Waals surface area contributed by atoms with Crippen LogP contribution in [-0.4, -0.2) is 50.7 Å². The van der Waals surface area contributed by atoms with E-state index in [1.165, 1.54) is 18.4 Å². The average Bonchev–Trinajstić information content (AvgIpc) is 3.53. The highest BCUT2D eigenvalue weighted by Crippen LogP contribution is 2.32. The molecule has 0 radical (unpaired) electrons. The second-order valence-corrected chi connectivity index (χ2v) is 9.76. The van der Waals surface area contributed by atoms with Crippen molar-refractivity contribution in [1.82, 2.24) is 14.5 Å². The van der Waals surface area contributed by atoms with E-state index in [9.17, 15) is 4.79 Å². The van der Waals surface area contributed by atoms with Crippen LogP contribution in [-0.2, 0) is 13.0 Å². The molecule has 0 spiro atoms. The number of nitrogens with zero attached hydrogens (tertiary/aromatic N) is 4. The van der Waals surface area contributed by atoms with E-state index in [0.29, 0.717) is 18.3 Å². The molecule has 37 heavy (non-hydrogen) atoms. The standard InChI is InChI=1S/C30H30N4O3/c1-2-5-28-32-25-15-12-22(29-31-16-17-33(29)23-13-14-23)18-26(25)34(28)19-20-8-10-21(11-9-20)24-6-3-4-7-27(24)37-30(35)36/h3-4,6-12,15,18,23H,2,5,13-14,16-17,19H2,1H3,(H,35,36). The average molecular weight is 495 g/mol. The number of rotatable bonds is 8. The minimum Gasteiger partial charge on any atom is -0.449 e. The van der Waals surface area contributed by atoms with Crippen molar-refractivity contribution >= 4 is 23.0 Å². The maximum atomic E-state index is 11.1. The van der Waals surface area contributed by atoms with Gasteiger partial charge in [-0.2, -0.15) is 0 Å². The fraction of sp³-hybridized carbons (Fsp3) is 0.300. The first kappa shape index (κ1) is 23.3. The molecule has 188 valence electrons. The lowest BCUT2D eigenvalue weighted by molar-refractivity contribution is 0.144. The number of hydrogen-bond acceptors (Lipinski definition) is 5. The van der Waals surface area contributed by atoms with Gasteiger partial charge in [-0.3, -0.25) is 4.99 Å². The van der Waals surface area contributed by atoms with Gasteiger partial charge in [0.25, 0.3) is 0 Å². The van der Waals surface area contributed by atoms with Crippen molar-refractivity contribution in [3.63, 3.8) is 0 Å². The molecule has 1 N–H and O–H groups in total. The third-order valence-electron chi connectivity index (χ3n) is 7.11. The van der Waals surface area contributed by atoms with Crippen LogP contribution in [0.3, 0.4) is 0 Å². The first-order valence-corrected chi connectivity index (χ1v) is 13.0. The molecule has 4 aromatic rings. The number of hydrogen-bond donors (Lipinski definition) is 1. The Morgan fingerprint density at radius 3 is 2.59 bits per heavy atom. The molecular weight excluding hydrogens is 464 g/mol. The number of benzene rings is 3. The molecule has 0 amide bonds. The number of aromatic nitrogens is 2. The summed E-state index contributed by atoms with van der Waals surface area (Å²) in [4.78, 5) is 23.4. The summed E-state index contributed by atoms with van der Waals surface area (Å²) in [6, 6.07) is 22.6. The third kappa shape index (κ3) is 4.69. The van der Waals surface area contributed by atoms with E-state index in [2.05, 4.69) is 46.7 Å². The van der Waals surface area contributed by atoms with Gasteiger partial charge in [0.05, 0.1) is 17.6 Å². The van der Waals surface area contributed by atoms with E-state index in [1.54, 1.807) is 12.1 Å². The van der Waals surface area contributed by atoms with Gasteiger partial charge in [0.15, 0.2) is 0 Å². The number of amidine groups is 1. The van der Waals surface area contributed by atoms with Gasteiger partial charge < -0.3 is 19.3 Å². The SMILES string of the molecule is CCCc1nc2ccc(C3=NCCN3C3CC3)cc2n1Cc1ccc(-c2ccccc2OC(=O)O)cc1. The topological polar surface area (TPSA) is 80.0 Å². The van der Waals surface area contributed by atoms with E-state index in [4.69, 9.17) is 19.8 Å². The van der Waals surface area contributed by atoms with Gasteiger partial charge >= 0.3 is 6.16 Å². The molecule has 6 rings (SSSR count). The minimum atomic E-state index is -1.32. The number of aryl methyl sites for hydroxylation is 1. The fourth-order valence-corrected chi connectivity index (χ4v) is 5.22. The van der Waals surface area contributed by atoms with Crippen molar-refractivity contribution in [1.29, 1.82) is 0 Å². The molecule has 1 fully saturated rings. The summed E-state index contributed by atoms with van der Waals surface area (Å²) >= 11 is 0. The van der Waals surface area contributed by atoms with Crippen LogP contribution >= 0.6 is 0 Å². The highest BCUT2D eigenvalue weighted by Gasteiger charge is 2.33. The molecule has 0 atom stereocenters. The highest BCUT2D eigenvalue weighted by molar-refractivity contribution is 6.02. The summed E-state index contributed by atoms with van der Waals surface area (Å²) in [6.07, 6.45) is 3.16. The van der Waals surface area contributed by atoms with Crippen LogP contribution in [0.1, 0.15) is 43.1 Å². The van der Waals surface area contributed by atoms with Crippen molar-refractivity contribution in [3.05, 3.63) is 83.7 Å². The third-order valence-corrected chi connectivity index (χ3v) is 7.11. The molecule has 0 saturated heterocycles. The van der Waals surface area contributed by atoms with Crippen molar-refractivity contribution in [2.45, 2.75) is 45.2 Å². The lowest BCUT2D eigenvalue weighted by atomic mass is 10.0.